The fourth-order valence-corrected chi connectivity index (χ4v) is 2.22. The van der Waals surface area contributed by atoms with Gasteiger partial charge in [-0.15, -0.1) is 0 Å². The van der Waals surface area contributed by atoms with Crippen LogP contribution in [0.4, 0.5) is 10.5 Å². The van der Waals surface area contributed by atoms with Crippen LogP contribution in [-0.2, 0) is 0 Å². The molecule has 0 bridgehead atoms. The Balaban J connectivity index is 1.74. The number of ether oxygens (including phenoxy) is 1. The van der Waals surface area contributed by atoms with Crippen LogP contribution in [0.25, 0.3) is 0 Å². The van der Waals surface area contributed by atoms with E-state index in [2.05, 4.69) is 20.9 Å². The van der Waals surface area contributed by atoms with Crippen LogP contribution >= 0.6 is 0 Å². The summed E-state index contributed by atoms with van der Waals surface area (Å²) in [7, 11) is 1.55. The summed E-state index contributed by atoms with van der Waals surface area (Å²) in [4.78, 5) is 27.5. The molecule has 7 heteroatoms. The third-order valence-corrected chi connectivity index (χ3v) is 3.78. The van der Waals surface area contributed by atoms with Gasteiger partial charge in [-0.05, 0) is 37.5 Å². The van der Waals surface area contributed by atoms with E-state index in [0.717, 1.165) is 18.4 Å². The van der Waals surface area contributed by atoms with Crippen LogP contribution in [-0.4, -0.2) is 30.0 Å². The third kappa shape index (κ3) is 4.47. The number of nitrogens with one attached hydrogen (secondary N) is 3. The molecule has 3 rings (SSSR count). The fraction of sp³-hybridized carbons (Fsp3) is 0.278. The molecule has 2 aromatic rings. The number of pyridine rings is 1. The minimum atomic E-state index is -0.283. The van der Waals surface area contributed by atoms with E-state index < -0.39 is 0 Å². The lowest BCUT2D eigenvalue weighted by molar-refractivity contribution is 0.0958. The van der Waals surface area contributed by atoms with E-state index in [0.29, 0.717) is 23.2 Å². The Morgan fingerprint density at radius 2 is 2.00 bits per heavy atom. The molecule has 7 nitrogen and oxygen atoms in total. The minimum Gasteiger partial charge on any atom is -0.457 e. The van der Waals surface area contributed by atoms with E-state index in [9.17, 15) is 9.59 Å². The van der Waals surface area contributed by atoms with Crippen molar-refractivity contribution in [3.63, 3.8) is 0 Å². The number of aryl methyl sites for hydroxylation is 1. The normalized spacial score (nSPS) is 13.0. The average molecular weight is 340 g/mol. The van der Waals surface area contributed by atoms with E-state index in [1.54, 1.807) is 25.2 Å². The van der Waals surface area contributed by atoms with Gasteiger partial charge in [-0.25, -0.2) is 4.79 Å². The fourth-order valence-electron chi connectivity index (χ4n) is 2.22. The lowest BCUT2D eigenvalue weighted by Crippen LogP contribution is -2.30. The minimum absolute atomic E-state index is 0.219. The summed E-state index contributed by atoms with van der Waals surface area (Å²) in [5.41, 5.74) is 1.82. The van der Waals surface area contributed by atoms with Gasteiger partial charge in [-0.2, -0.15) is 0 Å². The van der Waals surface area contributed by atoms with Gasteiger partial charge in [-0.1, -0.05) is 6.07 Å². The van der Waals surface area contributed by atoms with Crippen molar-refractivity contribution in [3.05, 3.63) is 47.8 Å². The Morgan fingerprint density at radius 1 is 1.20 bits per heavy atom. The Hall–Kier alpha value is -3.09. The van der Waals surface area contributed by atoms with Crippen molar-refractivity contribution in [2.24, 2.45) is 0 Å². The number of hydrogen-bond donors (Lipinski definition) is 3. The highest BCUT2D eigenvalue weighted by molar-refractivity contribution is 5.92. The second kappa shape index (κ2) is 7.21. The molecular formula is C18H20N4O3. The monoisotopic (exact) mass is 340 g/mol. The first-order valence-electron chi connectivity index (χ1n) is 8.09. The molecule has 1 aliphatic rings. The smallest absolute Gasteiger partial charge is 0.319 e. The van der Waals surface area contributed by atoms with Crippen LogP contribution in [0.1, 0.15) is 28.9 Å². The maximum Gasteiger partial charge on any atom is 0.319 e. The van der Waals surface area contributed by atoms with E-state index in [4.69, 9.17) is 4.74 Å². The lowest BCUT2D eigenvalue weighted by Gasteiger charge is -2.12. The van der Waals surface area contributed by atoms with Crippen molar-refractivity contribution in [1.29, 1.82) is 0 Å². The summed E-state index contributed by atoms with van der Waals surface area (Å²) in [6, 6.07) is 8.75. The second-order valence-corrected chi connectivity index (χ2v) is 5.91. The van der Waals surface area contributed by atoms with Crippen molar-refractivity contribution < 1.29 is 14.3 Å². The molecule has 1 saturated carbocycles. The van der Waals surface area contributed by atoms with Gasteiger partial charge in [0, 0.05) is 37.1 Å². The van der Waals surface area contributed by atoms with Crippen LogP contribution in [0.3, 0.4) is 0 Å². The molecular weight excluding hydrogens is 320 g/mol. The topological polar surface area (TPSA) is 92.4 Å². The highest BCUT2D eigenvalue weighted by Gasteiger charge is 2.23. The molecule has 3 amide bonds. The number of carbonyl (C=O) groups is 2. The van der Waals surface area contributed by atoms with Gasteiger partial charge < -0.3 is 20.7 Å². The van der Waals surface area contributed by atoms with Crippen LogP contribution in [0, 0.1) is 6.92 Å². The van der Waals surface area contributed by atoms with Crippen molar-refractivity contribution in [1.82, 2.24) is 15.6 Å². The molecule has 0 aliphatic heterocycles. The van der Waals surface area contributed by atoms with Crippen LogP contribution in [0.2, 0.25) is 0 Å². The number of nitrogens with zero attached hydrogens (tertiary/aromatic N) is 1. The third-order valence-electron chi connectivity index (χ3n) is 3.78. The number of carbonyl (C=O) groups excluding carboxylic acids is 2. The highest BCUT2D eigenvalue weighted by atomic mass is 16.5. The van der Waals surface area contributed by atoms with Crippen molar-refractivity contribution in [3.8, 4) is 11.5 Å². The number of aromatic nitrogens is 1. The number of amides is 3. The standard InChI is InChI=1S/C18H20N4O3/c1-11-3-4-13(22-18(24)21-12-5-6-12)9-16(11)25-14-7-8-20-15(10-14)17(23)19-2/h3-4,7-10,12H,5-6H2,1-2H3,(H,19,23)(H2,21,22,24). The summed E-state index contributed by atoms with van der Waals surface area (Å²) >= 11 is 0. The van der Waals surface area contributed by atoms with Gasteiger partial charge in [0.15, 0.2) is 0 Å². The molecule has 1 heterocycles. The molecule has 1 fully saturated rings. The van der Waals surface area contributed by atoms with Crippen molar-refractivity contribution in [2.75, 3.05) is 12.4 Å². The van der Waals surface area contributed by atoms with E-state index in [1.165, 1.54) is 6.20 Å². The zero-order valence-corrected chi connectivity index (χ0v) is 14.1. The quantitative estimate of drug-likeness (QED) is 0.780. The van der Waals surface area contributed by atoms with E-state index in [-0.39, 0.29) is 17.6 Å². The predicted octanol–water partition coefficient (Wildman–Crippen LogP) is 2.83. The zero-order chi connectivity index (χ0) is 17.8. The van der Waals surface area contributed by atoms with Gasteiger partial charge >= 0.3 is 6.03 Å². The number of rotatable bonds is 5. The largest absolute Gasteiger partial charge is 0.457 e. The predicted molar refractivity (Wildman–Crippen MR) is 94.1 cm³/mol. The van der Waals surface area contributed by atoms with Gasteiger partial charge in [0.05, 0.1) is 0 Å². The Labute approximate surface area is 145 Å². The van der Waals surface area contributed by atoms with Crippen LogP contribution in [0.15, 0.2) is 36.5 Å². The first-order valence-corrected chi connectivity index (χ1v) is 8.09. The van der Waals surface area contributed by atoms with E-state index >= 15 is 0 Å². The Kier molecular flexibility index (Phi) is 4.83. The molecule has 1 aromatic heterocycles. The molecule has 0 radical (unpaired) electrons. The number of anilines is 1. The van der Waals surface area contributed by atoms with Gasteiger partial charge in [0.1, 0.15) is 17.2 Å². The maximum atomic E-state index is 11.9. The molecule has 130 valence electrons. The maximum absolute atomic E-state index is 11.9. The first kappa shape index (κ1) is 16.8. The summed E-state index contributed by atoms with van der Waals surface area (Å²) < 4.78 is 5.87. The molecule has 0 unspecified atom stereocenters. The molecule has 1 aromatic carbocycles. The second-order valence-electron chi connectivity index (χ2n) is 5.91. The number of benzene rings is 1. The summed E-state index contributed by atoms with van der Waals surface area (Å²) in [5, 5.41) is 8.19. The van der Waals surface area contributed by atoms with E-state index in [1.807, 2.05) is 19.1 Å². The zero-order valence-electron chi connectivity index (χ0n) is 14.1. The van der Waals surface area contributed by atoms with Crippen molar-refractivity contribution >= 4 is 17.6 Å². The molecule has 25 heavy (non-hydrogen) atoms. The lowest BCUT2D eigenvalue weighted by atomic mass is 10.2. The van der Waals surface area contributed by atoms with Crippen molar-refractivity contribution in [2.45, 2.75) is 25.8 Å². The average Bonchev–Trinajstić information content (AvgIpc) is 3.41. The van der Waals surface area contributed by atoms with Gasteiger partial charge in [0.25, 0.3) is 5.91 Å². The summed E-state index contributed by atoms with van der Waals surface area (Å²) in [6.07, 6.45) is 3.58. The molecule has 3 N–H and O–H groups in total. The molecule has 0 saturated heterocycles. The van der Waals surface area contributed by atoms with Crippen LogP contribution in [0.5, 0.6) is 11.5 Å². The summed E-state index contributed by atoms with van der Waals surface area (Å²) in [6.45, 7) is 1.91. The molecule has 0 atom stereocenters. The van der Waals surface area contributed by atoms with Gasteiger partial charge in [-0.3, -0.25) is 9.78 Å². The molecule has 0 spiro atoms. The SMILES string of the molecule is CNC(=O)c1cc(Oc2cc(NC(=O)NC3CC3)ccc2C)ccn1. The summed E-state index contributed by atoms with van der Waals surface area (Å²) in [5.74, 6) is 0.809. The van der Waals surface area contributed by atoms with Crippen LogP contribution < -0.4 is 20.7 Å². The highest BCUT2D eigenvalue weighted by Crippen LogP contribution is 2.28. The number of urea groups is 1. The number of hydrogen-bond acceptors (Lipinski definition) is 4. The Bertz CT molecular complexity index is 803. The first-order chi connectivity index (χ1) is 12.0. The van der Waals surface area contributed by atoms with Gasteiger partial charge in [0.2, 0.25) is 0 Å². The Morgan fingerprint density at radius 3 is 2.72 bits per heavy atom. The molecule has 1 aliphatic carbocycles.